The van der Waals surface area contributed by atoms with Crippen molar-refractivity contribution < 1.29 is 0 Å². The van der Waals surface area contributed by atoms with E-state index < -0.39 is 0 Å². The Morgan fingerprint density at radius 3 is 1.65 bits per heavy atom. The lowest BCUT2D eigenvalue weighted by Crippen LogP contribution is -2.04. The van der Waals surface area contributed by atoms with E-state index in [2.05, 4.69) is 148 Å². The molecule has 6 aromatic carbocycles. The van der Waals surface area contributed by atoms with Crippen molar-refractivity contribution in [3.05, 3.63) is 152 Å². The second-order valence-electron chi connectivity index (χ2n) is 11.7. The van der Waals surface area contributed by atoms with Gasteiger partial charge in [-0.1, -0.05) is 109 Å². The van der Waals surface area contributed by atoms with Crippen LogP contribution in [0.1, 0.15) is 0 Å². The number of benzene rings is 6. The Kier molecular flexibility index (Phi) is 5.22. The summed E-state index contributed by atoms with van der Waals surface area (Å²) in [5.74, 6) is 0.641. The fraction of sp³-hybridized carbons (Fsp3) is 0. The summed E-state index contributed by atoms with van der Waals surface area (Å²) < 4.78 is 4.53. The molecule has 0 unspecified atom stereocenters. The zero-order chi connectivity index (χ0) is 30.2. The van der Waals surface area contributed by atoms with Crippen LogP contribution in [0.15, 0.2) is 152 Å². The second-order valence-corrected chi connectivity index (χ2v) is 11.7. The molecule has 46 heavy (non-hydrogen) atoms. The van der Waals surface area contributed by atoms with Gasteiger partial charge in [-0.2, -0.15) is 0 Å². The van der Waals surface area contributed by atoms with E-state index in [1.54, 1.807) is 0 Å². The van der Waals surface area contributed by atoms with Crippen LogP contribution < -0.4 is 0 Å². The van der Waals surface area contributed by atoms with Crippen LogP contribution in [-0.4, -0.2) is 23.9 Å². The molecule has 5 nitrogen and oxygen atoms in total. The molecule has 0 aliphatic heterocycles. The summed E-state index contributed by atoms with van der Waals surface area (Å²) in [4.78, 5) is 15.6. The molecule has 0 saturated heterocycles. The summed E-state index contributed by atoms with van der Waals surface area (Å²) in [6.45, 7) is 0. The van der Waals surface area contributed by atoms with Gasteiger partial charge in [0.25, 0.3) is 0 Å². The zero-order valence-corrected chi connectivity index (χ0v) is 24.7. The molecule has 214 valence electrons. The first-order valence-electron chi connectivity index (χ1n) is 15.5. The Hall–Kier alpha value is -6.33. The maximum absolute atomic E-state index is 5.23. The molecule has 0 bridgehead atoms. The molecule has 0 spiro atoms. The highest BCUT2D eigenvalue weighted by atomic mass is 15.2. The molecule has 0 aliphatic rings. The molecule has 0 atom stereocenters. The molecule has 0 saturated carbocycles. The average Bonchev–Trinajstić information content (AvgIpc) is 3.69. The van der Waals surface area contributed by atoms with Crippen molar-refractivity contribution >= 4 is 60.2 Å². The molecule has 0 radical (unpaired) electrons. The largest absolute Gasteiger partial charge is 0.292 e. The summed E-state index contributed by atoms with van der Waals surface area (Å²) in [6, 6.07) is 52.9. The summed E-state index contributed by atoms with van der Waals surface area (Å²) in [7, 11) is 0. The van der Waals surface area contributed by atoms with Gasteiger partial charge in [0, 0.05) is 38.1 Å². The Bertz CT molecular complexity index is 2740. The molecule has 0 aliphatic carbocycles. The van der Waals surface area contributed by atoms with Gasteiger partial charge < -0.3 is 0 Å². The molecule has 0 amide bonds. The standard InChI is InChI=1S/C41H25N5/c1-3-13-26(14-4-1)32-25-33(27-15-5-2-6-16-27)44-41(43-32)46-35-21-11-8-18-29(35)39-37(46)24-23-30-38(39)28-17-7-10-20-34(28)45-36-22-12-9-19-31(36)42-40(30)45/h1-25H. The summed E-state index contributed by atoms with van der Waals surface area (Å²) in [5.41, 5.74) is 10.2. The van der Waals surface area contributed by atoms with Gasteiger partial charge in [-0.15, -0.1) is 0 Å². The van der Waals surface area contributed by atoms with E-state index in [1.807, 2.05) is 12.1 Å². The van der Waals surface area contributed by atoms with E-state index in [1.165, 1.54) is 16.2 Å². The van der Waals surface area contributed by atoms with Crippen LogP contribution in [0.4, 0.5) is 0 Å². The number of fused-ring (bicyclic) bond motifs is 12. The number of imidazole rings is 1. The Balaban J connectivity index is 1.37. The normalized spacial score (nSPS) is 11.9. The van der Waals surface area contributed by atoms with Crippen molar-refractivity contribution in [3.63, 3.8) is 0 Å². The molecule has 4 heterocycles. The van der Waals surface area contributed by atoms with Crippen LogP contribution >= 0.6 is 0 Å². The van der Waals surface area contributed by atoms with Crippen LogP contribution in [-0.2, 0) is 0 Å². The average molecular weight is 588 g/mol. The smallest absolute Gasteiger partial charge is 0.235 e. The van der Waals surface area contributed by atoms with Crippen molar-refractivity contribution in [2.24, 2.45) is 0 Å². The summed E-state index contributed by atoms with van der Waals surface area (Å²) in [5, 5.41) is 5.82. The van der Waals surface area contributed by atoms with Crippen molar-refractivity contribution in [2.45, 2.75) is 0 Å². The minimum atomic E-state index is 0.641. The molecule has 10 rings (SSSR count). The van der Waals surface area contributed by atoms with E-state index in [0.717, 1.165) is 66.5 Å². The Morgan fingerprint density at radius 1 is 0.391 bits per heavy atom. The molecule has 10 aromatic rings. The Labute approximate surface area is 263 Å². The minimum absolute atomic E-state index is 0.641. The number of hydrogen-bond donors (Lipinski definition) is 0. The first-order valence-corrected chi connectivity index (χ1v) is 15.5. The van der Waals surface area contributed by atoms with Gasteiger partial charge in [-0.25, -0.2) is 15.0 Å². The van der Waals surface area contributed by atoms with E-state index in [0.29, 0.717) is 5.95 Å². The number of rotatable bonds is 3. The third kappa shape index (κ3) is 3.54. The van der Waals surface area contributed by atoms with Crippen LogP contribution in [0, 0.1) is 0 Å². The van der Waals surface area contributed by atoms with Crippen molar-refractivity contribution in [3.8, 4) is 28.5 Å². The summed E-state index contributed by atoms with van der Waals surface area (Å²) in [6.07, 6.45) is 0. The van der Waals surface area contributed by atoms with E-state index in [4.69, 9.17) is 15.0 Å². The fourth-order valence-electron chi connectivity index (χ4n) is 7.12. The Morgan fingerprint density at radius 2 is 0.957 bits per heavy atom. The maximum atomic E-state index is 5.23. The first kappa shape index (κ1) is 25.0. The monoisotopic (exact) mass is 587 g/mol. The molecule has 0 N–H and O–H groups in total. The molecule has 4 aromatic heterocycles. The van der Waals surface area contributed by atoms with Crippen LogP contribution in [0.2, 0.25) is 0 Å². The van der Waals surface area contributed by atoms with Crippen molar-refractivity contribution in [1.29, 1.82) is 0 Å². The summed E-state index contributed by atoms with van der Waals surface area (Å²) >= 11 is 0. The van der Waals surface area contributed by atoms with Gasteiger partial charge >= 0.3 is 0 Å². The van der Waals surface area contributed by atoms with E-state index in [9.17, 15) is 0 Å². The predicted molar refractivity (Wildman–Crippen MR) is 189 cm³/mol. The number of pyridine rings is 1. The number of nitrogens with zero attached hydrogens (tertiary/aromatic N) is 5. The molecule has 5 heteroatoms. The van der Waals surface area contributed by atoms with Gasteiger partial charge in [0.2, 0.25) is 5.95 Å². The number of para-hydroxylation sites is 4. The van der Waals surface area contributed by atoms with Crippen molar-refractivity contribution in [1.82, 2.24) is 23.9 Å². The third-order valence-corrected chi connectivity index (χ3v) is 9.11. The predicted octanol–water partition coefficient (Wildman–Crippen LogP) is 10.0. The highest BCUT2D eigenvalue weighted by Crippen LogP contribution is 2.42. The minimum Gasteiger partial charge on any atom is -0.292 e. The van der Waals surface area contributed by atoms with Crippen molar-refractivity contribution in [2.75, 3.05) is 0 Å². The van der Waals surface area contributed by atoms with Gasteiger partial charge in [0.15, 0.2) is 0 Å². The van der Waals surface area contributed by atoms with Gasteiger partial charge in [-0.3, -0.25) is 8.97 Å². The fourth-order valence-corrected chi connectivity index (χ4v) is 7.12. The first-order chi connectivity index (χ1) is 22.8. The van der Waals surface area contributed by atoms with Crippen LogP contribution in [0.3, 0.4) is 0 Å². The van der Waals surface area contributed by atoms with Gasteiger partial charge in [-0.05, 0) is 42.5 Å². The van der Waals surface area contributed by atoms with E-state index in [-0.39, 0.29) is 0 Å². The lowest BCUT2D eigenvalue weighted by atomic mass is 10.00. The number of hydrogen-bond acceptors (Lipinski definition) is 3. The van der Waals surface area contributed by atoms with E-state index >= 15 is 0 Å². The van der Waals surface area contributed by atoms with Gasteiger partial charge in [0.1, 0.15) is 5.65 Å². The quantitative estimate of drug-likeness (QED) is 0.193. The molecule has 0 fully saturated rings. The topological polar surface area (TPSA) is 48.0 Å². The SMILES string of the molecule is c1ccc(-c2cc(-c3ccccc3)nc(-n3c4ccccc4c4c5c6ccccc6n6c7ccccc7nc6c5ccc43)n2)cc1. The zero-order valence-electron chi connectivity index (χ0n) is 24.7. The number of aromatic nitrogens is 5. The highest BCUT2D eigenvalue weighted by molar-refractivity contribution is 6.30. The lowest BCUT2D eigenvalue weighted by Gasteiger charge is -2.13. The lowest BCUT2D eigenvalue weighted by molar-refractivity contribution is 0.996. The van der Waals surface area contributed by atoms with Crippen LogP contribution in [0.25, 0.3) is 88.6 Å². The molecular formula is C41H25N5. The van der Waals surface area contributed by atoms with Crippen LogP contribution in [0.5, 0.6) is 0 Å². The highest BCUT2D eigenvalue weighted by Gasteiger charge is 2.22. The maximum Gasteiger partial charge on any atom is 0.235 e. The van der Waals surface area contributed by atoms with Gasteiger partial charge in [0.05, 0.1) is 39.0 Å². The molecular weight excluding hydrogens is 562 g/mol. The second kappa shape index (κ2) is 9.58. The third-order valence-electron chi connectivity index (χ3n) is 9.11.